The Bertz CT molecular complexity index is 2990. The summed E-state index contributed by atoms with van der Waals surface area (Å²) in [6, 6.07) is 18.8. The van der Waals surface area contributed by atoms with Crippen molar-refractivity contribution in [3.8, 4) is 27.8 Å². The number of thiazole rings is 1. The molecule has 4 heterocycles. The van der Waals surface area contributed by atoms with Crippen LogP contribution in [0.5, 0.6) is 0 Å². The highest BCUT2D eigenvalue weighted by atomic mass is 32.1. The quantitative estimate of drug-likeness (QED) is 0.0422. The second-order valence-electron chi connectivity index (χ2n) is 19.7. The number of halogens is 4. The Balaban J connectivity index is 0.863. The van der Waals surface area contributed by atoms with Crippen molar-refractivity contribution >= 4 is 69.6 Å². The van der Waals surface area contributed by atoms with Gasteiger partial charge in [-0.1, -0.05) is 63.6 Å². The molecule has 3 atom stereocenters. The number of nitrogens with one attached hydrogen (secondary N) is 3. The molecule has 0 bridgehead atoms. The van der Waals surface area contributed by atoms with Gasteiger partial charge in [0.25, 0.3) is 11.8 Å². The Kier molecular flexibility index (Phi) is 16.3. The van der Waals surface area contributed by atoms with Crippen LogP contribution < -0.4 is 25.8 Å². The van der Waals surface area contributed by atoms with Crippen LogP contribution in [0.15, 0.2) is 84.5 Å². The van der Waals surface area contributed by atoms with Crippen molar-refractivity contribution < 1.29 is 46.6 Å². The average molecular weight is 1050 g/mol. The molecule has 0 unspecified atom stereocenters. The van der Waals surface area contributed by atoms with Crippen molar-refractivity contribution in [2.24, 2.45) is 5.41 Å². The number of hydrogen-bond donors (Lipinski definition) is 4. The Morgan fingerprint density at radius 2 is 1.64 bits per heavy atom. The highest BCUT2D eigenvalue weighted by molar-refractivity contribution is 7.81. The van der Waals surface area contributed by atoms with E-state index in [2.05, 4.69) is 25.9 Å². The standard InChI is InChI=1S/C53H55F4N9O6S2/c1-30-44(74-29-62-30)33-13-11-31(12-14-33)26-61-47(70)40-24-37(67)28-64(40)48(71)45(51(2,3)4)63-41(68)10-8-7-9-23-59-46(69)34-17-15-32(16-18-34)38-21-20-36(27-60-38)66-50(73)65(49(72)52(66,5)6)39-22-19-35(25-58)42(43(39)54)53(55,56)57/h11-22,27,29,37,40,45,67H,7-10,23-24,26,28H2,1-6H3,(H,59,69)(H,61,70)(H,63,68)/t37-,40+,45-/m1/s1. The number of benzene rings is 3. The van der Waals surface area contributed by atoms with Gasteiger partial charge in [0.05, 0.1) is 57.1 Å². The third kappa shape index (κ3) is 11.8. The number of nitrogens with zero attached hydrogens (tertiary/aromatic N) is 6. The predicted molar refractivity (Wildman–Crippen MR) is 275 cm³/mol. The number of anilines is 2. The number of aromatic nitrogens is 2. The first kappa shape index (κ1) is 54.6. The third-order valence-electron chi connectivity index (χ3n) is 13.0. The lowest BCUT2D eigenvalue weighted by molar-refractivity contribution is -0.144. The number of aliphatic hydroxyl groups excluding tert-OH is 1. The Hall–Kier alpha value is -7.15. The van der Waals surface area contributed by atoms with Crippen LogP contribution in [-0.2, 0) is 31.9 Å². The minimum absolute atomic E-state index is 0.0397. The first-order valence-electron chi connectivity index (χ1n) is 23.8. The summed E-state index contributed by atoms with van der Waals surface area (Å²) in [5.74, 6) is -4.09. The molecule has 0 spiro atoms. The molecule has 4 N–H and O–H groups in total. The summed E-state index contributed by atoms with van der Waals surface area (Å²) >= 11 is 7.08. The zero-order valence-corrected chi connectivity index (χ0v) is 43.1. The minimum atomic E-state index is -5.21. The molecular formula is C53H55F4N9O6S2. The summed E-state index contributed by atoms with van der Waals surface area (Å²) in [5.41, 5.74) is 0.793. The molecule has 0 saturated carbocycles. The van der Waals surface area contributed by atoms with E-state index in [1.807, 2.05) is 52.0 Å². The molecule has 3 aromatic carbocycles. The topological polar surface area (TPSA) is 201 Å². The van der Waals surface area contributed by atoms with E-state index in [0.717, 1.165) is 33.8 Å². The van der Waals surface area contributed by atoms with Gasteiger partial charge in [-0.05, 0) is 98.8 Å². The fourth-order valence-electron chi connectivity index (χ4n) is 8.94. The Morgan fingerprint density at radius 1 is 0.946 bits per heavy atom. The number of unbranched alkanes of at least 4 members (excludes halogenated alkanes) is 2. The van der Waals surface area contributed by atoms with Crippen LogP contribution in [0.4, 0.5) is 28.9 Å². The smallest absolute Gasteiger partial charge is 0.391 e. The maximum atomic E-state index is 15.4. The monoisotopic (exact) mass is 1050 g/mol. The van der Waals surface area contributed by atoms with Gasteiger partial charge in [-0.25, -0.2) is 9.37 Å². The lowest BCUT2D eigenvalue weighted by atomic mass is 9.85. The van der Waals surface area contributed by atoms with Crippen molar-refractivity contribution in [1.29, 1.82) is 5.26 Å². The molecule has 74 heavy (non-hydrogen) atoms. The second-order valence-corrected chi connectivity index (χ2v) is 21.0. The van der Waals surface area contributed by atoms with Gasteiger partial charge in [0.2, 0.25) is 17.7 Å². The first-order valence-corrected chi connectivity index (χ1v) is 25.1. The van der Waals surface area contributed by atoms with E-state index >= 15 is 4.39 Å². The van der Waals surface area contributed by atoms with Gasteiger partial charge < -0.3 is 30.9 Å². The van der Waals surface area contributed by atoms with Crippen LogP contribution >= 0.6 is 23.6 Å². The maximum absolute atomic E-state index is 15.4. The van der Waals surface area contributed by atoms with Gasteiger partial charge in [0.15, 0.2) is 10.9 Å². The predicted octanol–water partition coefficient (Wildman–Crippen LogP) is 8.23. The molecule has 2 fully saturated rings. The fraction of sp³-hybridized carbons (Fsp3) is 0.377. The molecule has 2 aromatic heterocycles. The number of thiocarbonyl (C=S) groups is 1. The summed E-state index contributed by atoms with van der Waals surface area (Å²) < 4.78 is 56.8. The van der Waals surface area contributed by atoms with E-state index in [-0.39, 0.29) is 42.9 Å². The number of aliphatic hydroxyl groups is 1. The molecule has 0 aliphatic carbocycles. The van der Waals surface area contributed by atoms with Crippen LogP contribution in [0, 0.1) is 29.5 Å². The van der Waals surface area contributed by atoms with E-state index in [9.17, 15) is 47.5 Å². The summed E-state index contributed by atoms with van der Waals surface area (Å²) in [5, 5.41) is 28.2. The van der Waals surface area contributed by atoms with Crippen molar-refractivity contribution in [3.05, 3.63) is 118 Å². The minimum Gasteiger partial charge on any atom is -0.391 e. The molecule has 21 heteroatoms. The normalized spacial score (nSPS) is 17.0. The summed E-state index contributed by atoms with van der Waals surface area (Å²) in [7, 11) is 0. The molecule has 388 valence electrons. The number of alkyl halides is 3. The van der Waals surface area contributed by atoms with E-state index < -0.39 is 75.7 Å². The van der Waals surface area contributed by atoms with Gasteiger partial charge in [-0.3, -0.25) is 33.9 Å². The van der Waals surface area contributed by atoms with E-state index in [1.54, 1.807) is 53.2 Å². The lowest BCUT2D eigenvalue weighted by Crippen LogP contribution is -2.57. The molecule has 5 aromatic rings. The SMILES string of the molecule is Cc1ncsc1-c1ccc(CNC(=O)[C@@H]2C[C@@H](O)CN2C(=O)[C@@H](NC(=O)CCCCCNC(=O)c2ccc(-c3ccc(N4C(=S)N(c5ccc(C#N)c(C(F)(F)F)c5F)C(=O)C4(C)C)cn3)cc2)C(C)(C)C)cc1. The first-order chi connectivity index (χ1) is 34.9. The molecular weight excluding hydrogens is 999 g/mol. The molecule has 2 saturated heterocycles. The van der Waals surface area contributed by atoms with Crippen molar-refractivity contribution in [2.75, 3.05) is 22.9 Å². The van der Waals surface area contributed by atoms with Gasteiger partial charge in [0, 0.05) is 43.6 Å². The van der Waals surface area contributed by atoms with Crippen molar-refractivity contribution in [1.82, 2.24) is 30.8 Å². The largest absolute Gasteiger partial charge is 0.420 e. The molecule has 15 nitrogen and oxygen atoms in total. The van der Waals surface area contributed by atoms with Crippen LogP contribution in [0.25, 0.3) is 21.7 Å². The van der Waals surface area contributed by atoms with Crippen LogP contribution in [-0.4, -0.2) is 91.4 Å². The lowest BCUT2D eigenvalue weighted by Gasteiger charge is -2.35. The number of rotatable bonds is 16. The number of nitriles is 1. The average Bonchev–Trinajstić information content (AvgIpc) is 4.02. The highest BCUT2D eigenvalue weighted by Gasteiger charge is 2.52. The number of likely N-dealkylation sites (tertiary alicyclic amines) is 1. The summed E-state index contributed by atoms with van der Waals surface area (Å²) in [6.07, 6.45) is -2.84. The number of carbonyl (C=O) groups excluding carboxylic acids is 5. The van der Waals surface area contributed by atoms with Gasteiger partial charge in [-0.2, -0.15) is 18.4 Å². The maximum Gasteiger partial charge on any atom is 0.420 e. The molecule has 2 aliphatic rings. The number of hydrogen-bond acceptors (Lipinski definition) is 11. The van der Waals surface area contributed by atoms with Crippen molar-refractivity contribution in [2.45, 2.75) is 110 Å². The highest BCUT2D eigenvalue weighted by Crippen LogP contribution is 2.42. The molecule has 0 radical (unpaired) electrons. The van der Waals surface area contributed by atoms with Gasteiger partial charge >= 0.3 is 6.18 Å². The zero-order chi connectivity index (χ0) is 53.9. The van der Waals surface area contributed by atoms with Crippen LogP contribution in [0.1, 0.15) is 99.5 Å². The van der Waals surface area contributed by atoms with E-state index in [1.165, 1.54) is 35.9 Å². The number of aryl methyl sites for hydroxylation is 1. The number of carbonyl (C=O) groups is 5. The van der Waals surface area contributed by atoms with Gasteiger partial charge in [-0.15, -0.1) is 11.3 Å². The van der Waals surface area contributed by atoms with E-state index in [0.29, 0.717) is 53.2 Å². The number of β-amino-alcohol motifs (C(OH)–C–C–N with tert-alkyl or cyclic N) is 1. The molecule has 5 amide bonds. The van der Waals surface area contributed by atoms with Crippen LogP contribution in [0.2, 0.25) is 0 Å². The Labute approximate surface area is 435 Å². The Morgan fingerprint density at radius 3 is 2.24 bits per heavy atom. The van der Waals surface area contributed by atoms with Gasteiger partial charge in [0.1, 0.15) is 23.2 Å². The van der Waals surface area contributed by atoms with Crippen LogP contribution in [0.3, 0.4) is 0 Å². The fourth-order valence-corrected chi connectivity index (χ4v) is 10.3. The summed E-state index contributed by atoms with van der Waals surface area (Å²) in [6.45, 7) is 10.9. The summed E-state index contributed by atoms with van der Waals surface area (Å²) in [4.78, 5) is 80.6. The molecule has 2 aliphatic heterocycles. The number of pyridine rings is 1. The second kappa shape index (κ2) is 22.1. The third-order valence-corrected chi connectivity index (χ3v) is 14.3. The number of amides is 5. The van der Waals surface area contributed by atoms with E-state index in [4.69, 9.17) is 12.2 Å². The zero-order valence-electron chi connectivity index (χ0n) is 41.5. The molecule has 7 rings (SSSR count). The van der Waals surface area contributed by atoms with Crippen molar-refractivity contribution in [3.63, 3.8) is 0 Å².